The largest absolute Gasteiger partial charge is 0.370 e. The molecule has 1 aromatic heterocycles. The Morgan fingerprint density at radius 1 is 1.69 bits per heavy atom. The van der Waals surface area contributed by atoms with E-state index in [1.165, 1.54) is 14.2 Å². The molecule has 0 aliphatic carbocycles. The predicted molar refractivity (Wildman–Crippen MR) is 58.3 cm³/mol. The summed E-state index contributed by atoms with van der Waals surface area (Å²) >= 11 is 5.33. The summed E-state index contributed by atoms with van der Waals surface area (Å²) in [4.78, 5) is 2.64. The normalized spacial score (nSPS) is 23.4. The van der Waals surface area contributed by atoms with E-state index in [1.54, 1.807) is 0 Å². The number of thiophene rings is 1. The SMILES string of the molecule is Cc1sc(C2CNCCO2)cc1Br. The molecule has 0 bridgehead atoms. The number of hydrogen-bond acceptors (Lipinski definition) is 3. The molecule has 1 aliphatic heterocycles. The summed E-state index contributed by atoms with van der Waals surface area (Å²) in [5.41, 5.74) is 0. The Morgan fingerprint density at radius 2 is 2.54 bits per heavy atom. The Kier molecular flexibility index (Phi) is 3.03. The van der Waals surface area contributed by atoms with Gasteiger partial charge in [0.15, 0.2) is 0 Å². The summed E-state index contributed by atoms with van der Waals surface area (Å²) in [7, 11) is 0. The van der Waals surface area contributed by atoms with Crippen molar-refractivity contribution >= 4 is 27.3 Å². The molecular formula is C9H12BrNOS. The van der Waals surface area contributed by atoms with Crippen LogP contribution in [0.3, 0.4) is 0 Å². The van der Waals surface area contributed by atoms with Crippen molar-refractivity contribution in [3.63, 3.8) is 0 Å². The van der Waals surface area contributed by atoms with Crippen molar-refractivity contribution in [2.24, 2.45) is 0 Å². The summed E-state index contributed by atoms with van der Waals surface area (Å²) in [6.45, 7) is 4.85. The predicted octanol–water partition coefficient (Wildman–Crippen LogP) is 2.48. The van der Waals surface area contributed by atoms with Gasteiger partial charge in [0, 0.05) is 27.3 Å². The van der Waals surface area contributed by atoms with E-state index in [-0.39, 0.29) is 6.10 Å². The molecular weight excluding hydrogens is 250 g/mol. The van der Waals surface area contributed by atoms with Crippen molar-refractivity contribution in [3.05, 3.63) is 20.3 Å². The van der Waals surface area contributed by atoms with Crippen LogP contribution in [-0.4, -0.2) is 19.7 Å². The van der Waals surface area contributed by atoms with Crippen molar-refractivity contribution in [2.45, 2.75) is 13.0 Å². The highest BCUT2D eigenvalue weighted by Gasteiger charge is 2.18. The number of morpholine rings is 1. The highest BCUT2D eigenvalue weighted by atomic mass is 79.9. The van der Waals surface area contributed by atoms with Crippen molar-refractivity contribution in [1.29, 1.82) is 0 Å². The molecule has 2 rings (SSSR count). The molecule has 1 aliphatic rings. The van der Waals surface area contributed by atoms with Crippen LogP contribution in [0.4, 0.5) is 0 Å². The Bertz CT molecular complexity index is 274. The number of ether oxygens (including phenoxy) is 1. The lowest BCUT2D eigenvalue weighted by molar-refractivity contribution is 0.0299. The number of aryl methyl sites for hydroxylation is 1. The fourth-order valence-electron chi connectivity index (χ4n) is 1.39. The highest BCUT2D eigenvalue weighted by Crippen LogP contribution is 2.32. The maximum Gasteiger partial charge on any atom is 0.104 e. The average molecular weight is 262 g/mol. The molecule has 4 heteroatoms. The van der Waals surface area contributed by atoms with Gasteiger partial charge in [-0.15, -0.1) is 11.3 Å². The van der Waals surface area contributed by atoms with Gasteiger partial charge in [0.25, 0.3) is 0 Å². The molecule has 0 spiro atoms. The minimum Gasteiger partial charge on any atom is -0.370 e. The molecule has 1 N–H and O–H groups in total. The molecule has 2 heterocycles. The average Bonchev–Trinajstić information content (AvgIpc) is 2.49. The lowest BCUT2D eigenvalue weighted by atomic mass is 10.2. The Labute approximate surface area is 90.4 Å². The molecule has 0 radical (unpaired) electrons. The molecule has 1 saturated heterocycles. The topological polar surface area (TPSA) is 21.3 Å². The number of rotatable bonds is 1. The smallest absolute Gasteiger partial charge is 0.104 e. The first kappa shape index (κ1) is 9.65. The number of halogens is 1. The number of hydrogen-bond donors (Lipinski definition) is 1. The van der Waals surface area contributed by atoms with Gasteiger partial charge in [-0.2, -0.15) is 0 Å². The summed E-state index contributed by atoms with van der Waals surface area (Å²) in [5, 5.41) is 3.33. The third-order valence-corrected chi connectivity index (χ3v) is 4.35. The molecule has 0 aromatic carbocycles. The van der Waals surface area contributed by atoms with Crippen LogP contribution in [0.15, 0.2) is 10.5 Å². The first-order valence-electron chi connectivity index (χ1n) is 4.35. The fourth-order valence-corrected chi connectivity index (χ4v) is 3.00. The van der Waals surface area contributed by atoms with E-state index in [0.29, 0.717) is 0 Å². The third kappa shape index (κ3) is 2.13. The van der Waals surface area contributed by atoms with E-state index >= 15 is 0 Å². The van der Waals surface area contributed by atoms with Gasteiger partial charge in [-0.1, -0.05) is 0 Å². The quantitative estimate of drug-likeness (QED) is 0.839. The van der Waals surface area contributed by atoms with Gasteiger partial charge in [0.1, 0.15) is 6.10 Å². The van der Waals surface area contributed by atoms with E-state index in [0.717, 1.165) is 19.7 Å². The van der Waals surface area contributed by atoms with E-state index in [1.807, 2.05) is 11.3 Å². The van der Waals surface area contributed by atoms with Crippen molar-refractivity contribution in [3.8, 4) is 0 Å². The Balaban J connectivity index is 2.14. The van der Waals surface area contributed by atoms with Gasteiger partial charge in [-0.25, -0.2) is 0 Å². The first-order valence-corrected chi connectivity index (χ1v) is 5.96. The van der Waals surface area contributed by atoms with Gasteiger partial charge in [0.05, 0.1) is 6.61 Å². The van der Waals surface area contributed by atoms with Crippen LogP contribution in [0, 0.1) is 6.92 Å². The second-order valence-electron chi connectivity index (χ2n) is 3.12. The van der Waals surface area contributed by atoms with Crippen LogP contribution in [0.2, 0.25) is 0 Å². The second-order valence-corrected chi connectivity index (χ2v) is 5.26. The van der Waals surface area contributed by atoms with E-state index in [4.69, 9.17) is 4.74 Å². The van der Waals surface area contributed by atoms with Crippen LogP contribution in [0.5, 0.6) is 0 Å². The zero-order valence-corrected chi connectivity index (χ0v) is 9.87. The van der Waals surface area contributed by atoms with Crippen molar-refractivity contribution in [1.82, 2.24) is 5.32 Å². The summed E-state index contributed by atoms with van der Waals surface area (Å²) in [6, 6.07) is 2.16. The highest BCUT2D eigenvalue weighted by molar-refractivity contribution is 9.10. The van der Waals surface area contributed by atoms with E-state index < -0.39 is 0 Å². The molecule has 0 saturated carbocycles. The standard InChI is InChI=1S/C9H12BrNOS/c1-6-7(10)4-9(13-6)8-5-11-2-3-12-8/h4,8,11H,2-3,5H2,1H3. The monoisotopic (exact) mass is 261 g/mol. The number of nitrogens with one attached hydrogen (secondary N) is 1. The molecule has 2 nitrogen and oxygen atoms in total. The summed E-state index contributed by atoms with van der Waals surface area (Å²) < 4.78 is 6.86. The summed E-state index contributed by atoms with van der Waals surface area (Å²) in [5.74, 6) is 0. The van der Waals surface area contributed by atoms with Crippen LogP contribution in [-0.2, 0) is 4.74 Å². The molecule has 13 heavy (non-hydrogen) atoms. The molecule has 1 unspecified atom stereocenters. The van der Waals surface area contributed by atoms with E-state index in [2.05, 4.69) is 34.2 Å². The fraction of sp³-hybridized carbons (Fsp3) is 0.556. The Morgan fingerprint density at radius 3 is 3.08 bits per heavy atom. The maximum absolute atomic E-state index is 5.66. The Hall–Kier alpha value is 0.100. The van der Waals surface area contributed by atoms with Gasteiger partial charge in [-0.05, 0) is 28.9 Å². The molecule has 1 aromatic rings. The zero-order valence-electron chi connectivity index (χ0n) is 7.47. The third-order valence-electron chi connectivity index (χ3n) is 2.12. The molecule has 1 fully saturated rings. The van der Waals surface area contributed by atoms with Crippen LogP contribution in [0.1, 0.15) is 15.9 Å². The van der Waals surface area contributed by atoms with Gasteiger partial charge < -0.3 is 10.1 Å². The van der Waals surface area contributed by atoms with Gasteiger partial charge in [-0.3, -0.25) is 0 Å². The van der Waals surface area contributed by atoms with Crippen LogP contribution >= 0.6 is 27.3 Å². The summed E-state index contributed by atoms with van der Waals surface area (Å²) in [6.07, 6.45) is 0.253. The van der Waals surface area contributed by atoms with Crippen LogP contribution < -0.4 is 5.32 Å². The maximum atomic E-state index is 5.66. The van der Waals surface area contributed by atoms with Crippen LogP contribution in [0.25, 0.3) is 0 Å². The molecule has 0 amide bonds. The lowest BCUT2D eigenvalue weighted by Gasteiger charge is -2.22. The zero-order chi connectivity index (χ0) is 9.26. The first-order chi connectivity index (χ1) is 6.27. The second kappa shape index (κ2) is 4.09. The van der Waals surface area contributed by atoms with Crippen molar-refractivity contribution < 1.29 is 4.74 Å². The van der Waals surface area contributed by atoms with Crippen molar-refractivity contribution in [2.75, 3.05) is 19.7 Å². The van der Waals surface area contributed by atoms with Gasteiger partial charge >= 0.3 is 0 Å². The minimum atomic E-state index is 0.253. The van der Waals surface area contributed by atoms with Gasteiger partial charge in [0.2, 0.25) is 0 Å². The van der Waals surface area contributed by atoms with E-state index in [9.17, 15) is 0 Å². The molecule has 1 atom stereocenters. The molecule has 72 valence electrons. The lowest BCUT2D eigenvalue weighted by Crippen LogP contribution is -2.32. The minimum absolute atomic E-state index is 0.253.